The van der Waals surface area contributed by atoms with E-state index in [0.717, 1.165) is 6.42 Å². The molecule has 1 rings (SSSR count). The Morgan fingerprint density at radius 2 is 1.94 bits per heavy atom. The van der Waals surface area contributed by atoms with Crippen LogP contribution in [0.25, 0.3) is 0 Å². The SMILES string of the molecule is CCc1ccc(C(=O)NCC(Br)C(=O)OC)cc1. The normalized spacial score (nSPS) is 11.7. The summed E-state index contributed by atoms with van der Waals surface area (Å²) in [5.41, 5.74) is 1.76. The molecule has 0 radical (unpaired) electrons. The van der Waals surface area contributed by atoms with Gasteiger partial charge in [0, 0.05) is 12.1 Å². The van der Waals surface area contributed by atoms with Gasteiger partial charge in [-0.1, -0.05) is 35.0 Å². The van der Waals surface area contributed by atoms with Gasteiger partial charge >= 0.3 is 5.97 Å². The molecule has 1 amide bonds. The van der Waals surface area contributed by atoms with Crippen molar-refractivity contribution in [1.29, 1.82) is 0 Å². The monoisotopic (exact) mass is 313 g/mol. The molecule has 1 atom stereocenters. The predicted octanol–water partition coefficient (Wildman–Crippen LogP) is 1.92. The van der Waals surface area contributed by atoms with Gasteiger partial charge in [0.1, 0.15) is 4.83 Å². The number of aryl methyl sites for hydroxylation is 1. The number of hydrogen-bond acceptors (Lipinski definition) is 3. The van der Waals surface area contributed by atoms with E-state index in [4.69, 9.17) is 0 Å². The molecule has 1 unspecified atom stereocenters. The fourth-order valence-electron chi connectivity index (χ4n) is 1.39. The molecule has 1 aromatic carbocycles. The van der Waals surface area contributed by atoms with E-state index in [1.165, 1.54) is 12.7 Å². The maximum absolute atomic E-state index is 11.8. The van der Waals surface area contributed by atoms with Crippen molar-refractivity contribution in [3.05, 3.63) is 35.4 Å². The molecule has 98 valence electrons. The highest BCUT2D eigenvalue weighted by Crippen LogP contribution is 2.06. The van der Waals surface area contributed by atoms with E-state index >= 15 is 0 Å². The molecule has 1 N–H and O–H groups in total. The minimum Gasteiger partial charge on any atom is -0.468 e. The standard InChI is InChI=1S/C13H16BrNO3/c1-3-9-4-6-10(7-5-9)12(16)15-8-11(14)13(17)18-2/h4-7,11H,3,8H2,1-2H3,(H,15,16). The van der Waals surface area contributed by atoms with Crippen LogP contribution in [-0.4, -0.2) is 30.4 Å². The average Bonchev–Trinajstić information content (AvgIpc) is 2.43. The summed E-state index contributed by atoms with van der Waals surface area (Å²) < 4.78 is 4.54. The van der Waals surface area contributed by atoms with Crippen LogP contribution in [0.5, 0.6) is 0 Å². The van der Waals surface area contributed by atoms with Crippen LogP contribution in [0.3, 0.4) is 0 Å². The minimum atomic E-state index is -0.527. The second-order valence-electron chi connectivity index (χ2n) is 3.75. The maximum Gasteiger partial charge on any atom is 0.321 e. The largest absolute Gasteiger partial charge is 0.468 e. The van der Waals surface area contributed by atoms with Gasteiger partial charge in [-0.05, 0) is 24.1 Å². The quantitative estimate of drug-likeness (QED) is 0.667. The van der Waals surface area contributed by atoms with Crippen LogP contribution in [0, 0.1) is 0 Å². The number of alkyl halides is 1. The second kappa shape index (κ2) is 7.16. The molecule has 0 heterocycles. The van der Waals surface area contributed by atoms with Gasteiger partial charge in [-0.2, -0.15) is 0 Å². The van der Waals surface area contributed by atoms with Gasteiger partial charge in [0.25, 0.3) is 5.91 Å². The molecular formula is C13H16BrNO3. The van der Waals surface area contributed by atoms with Gasteiger partial charge in [-0.25, -0.2) is 0 Å². The fourth-order valence-corrected chi connectivity index (χ4v) is 1.74. The summed E-state index contributed by atoms with van der Waals surface area (Å²) in [6.45, 7) is 2.25. The molecule has 1 aromatic rings. The lowest BCUT2D eigenvalue weighted by molar-refractivity contribution is -0.139. The van der Waals surface area contributed by atoms with Gasteiger partial charge < -0.3 is 10.1 Å². The van der Waals surface area contributed by atoms with Crippen LogP contribution in [0.4, 0.5) is 0 Å². The van der Waals surface area contributed by atoms with E-state index in [2.05, 4.69) is 32.9 Å². The predicted molar refractivity (Wildman–Crippen MR) is 72.9 cm³/mol. The van der Waals surface area contributed by atoms with Crippen molar-refractivity contribution < 1.29 is 14.3 Å². The van der Waals surface area contributed by atoms with Crippen molar-refractivity contribution in [3.63, 3.8) is 0 Å². The molecule has 0 aromatic heterocycles. The van der Waals surface area contributed by atoms with Crippen LogP contribution in [0.15, 0.2) is 24.3 Å². The number of nitrogens with one attached hydrogen (secondary N) is 1. The third-order valence-corrected chi connectivity index (χ3v) is 3.22. The molecule has 5 heteroatoms. The van der Waals surface area contributed by atoms with Crippen LogP contribution < -0.4 is 5.32 Å². The summed E-state index contributed by atoms with van der Waals surface area (Å²) in [7, 11) is 1.31. The zero-order valence-corrected chi connectivity index (χ0v) is 12.0. The number of amides is 1. The number of carbonyl (C=O) groups excluding carboxylic acids is 2. The Balaban J connectivity index is 2.52. The lowest BCUT2D eigenvalue weighted by atomic mass is 10.1. The molecule has 0 aliphatic rings. The van der Waals surface area contributed by atoms with Gasteiger partial charge in [-0.15, -0.1) is 0 Å². The number of carbonyl (C=O) groups is 2. The van der Waals surface area contributed by atoms with Gasteiger partial charge in [0.2, 0.25) is 0 Å². The van der Waals surface area contributed by atoms with Gasteiger partial charge in [0.05, 0.1) is 7.11 Å². The molecule has 0 saturated carbocycles. The van der Waals surface area contributed by atoms with Crippen LogP contribution in [-0.2, 0) is 16.0 Å². The highest BCUT2D eigenvalue weighted by molar-refractivity contribution is 9.10. The fraction of sp³-hybridized carbons (Fsp3) is 0.385. The zero-order chi connectivity index (χ0) is 13.5. The van der Waals surface area contributed by atoms with E-state index in [-0.39, 0.29) is 12.5 Å². The number of methoxy groups -OCH3 is 1. The third kappa shape index (κ3) is 4.14. The summed E-state index contributed by atoms with van der Waals surface area (Å²) in [6, 6.07) is 7.38. The number of ether oxygens (including phenoxy) is 1. The van der Waals surface area contributed by atoms with Crippen LogP contribution >= 0.6 is 15.9 Å². The smallest absolute Gasteiger partial charge is 0.321 e. The molecule has 0 bridgehead atoms. The Labute approximate surface area is 115 Å². The highest BCUT2D eigenvalue weighted by atomic mass is 79.9. The van der Waals surface area contributed by atoms with E-state index in [1.54, 1.807) is 12.1 Å². The van der Waals surface area contributed by atoms with Crippen molar-refractivity contribution in [2.24, 2.45) is 0 Å². The van der Waals surface area contributed by atoms with E-state index in [0.29, 0.717) is 5.56 Å². The molecule has 0 fully saturated rings. The highest BCUT2D eigenvalue weighted by Gasteiger charge is 2.16. The number of hydrogen-bond donors (Lipinski definition) is 1. The van der Waals surface area contributed by atoms with Gasteiger partial charge in [0.15, 0.2) is 0 Å². The second-order valence-corrected chi connectivity index (χ2v) is 4.86. The van der Waals surface area contributed by atoms with E-state index in [9.17, 15) is 9.59 Å². The maximum atomic E-state index is 11.8. The van der Waals surface area contributed by atoms with Crippen molar-refractivity contribution in [2.45, 2.75) is 18.2 Å². The Kier molecular flexibility index (Phi) is 5.85. The molecule has 0 aliphatic carbocycles. The van der Waals surface area contributed by atoms with Crippen LogP contribution in [0.1, 0.15) is 22.8 Å². The third-order valence-electron chi connectivity index (χ3n) is 2.52. The summed E-state index contributed by atoms with van der Waals surface area (Å²) in [4.78, 5) is 22.4. The van der Waals surface area contributed by atoms with E-state index < -0.39 is 10.8 Å². The topological polar surface area (TPSA) is 55.4 Å². The molecule has 0 aliphatic heterocycles. The zero-order valence-electron chi connectivity index (χ0n) is 10.4. The minimum absolute atomic E-state index is 0.195. The Morgan fingerprint density at radius 3 is 2.44 bits per heavy atom. The Morgan fingerprint density at radius 1 is 1.33 bits per heavy atom. The summed E-state index contributed by atoms with van der Waals surface area (Å²) in [5.74, 6) is -0.609. The summed E-state index contributed by atoms with van der Waals surface area (Å²) in [5, 5.41) is 2.66. The molecular weight excluding hydrogens is 298 g/mol. The van der Waals surface area contributed by atoms with Crippen molar-refractivity contribution >= 4 is 27.8 Å². The summed E-state index contributed by atoms with van der Waals surface area (Å²) in [6.07, 6.45) is 0.938. The number of benzene rings is 1. The molecule has 4 nitrogen and oxygen atoms in total. The van der Waals surface area contributed by atoms with E-state index in [1.807, 2.05) is 12.1 Å². The first kappa shape index (κ1) is 14.7. The Hall–Kier alpha value is -1.36. The molecule has 0 spiro atoms. The number of rotatable bonds is 5. The van der Waals surface area contributed by atoms with Crippen molar-refractivity contribution in [1.82, 2.24) is 5.32 Å². The lowest BCUT2D eigenvalue weighted by Crippen LogP contribution is -2.33. The number of esters is 1. The molecule has 18 heavy (non-hydrogen) atoms. The van der Waals surface area contributed by atoms with Crippen LogP contribution in [0.2, 0.25) is 0 Å². The van der Waals surface area contributed by atoms with Gasteiger partial charge in [-0.3, -0.25) is 9.59 Å². The average molecular weight is 314 g/mol. The van der Waals surface area contributed by atoms with Crippen molar-refractivity contribution in [3.8, 4) is 0 Å². The Bertz CT molecular complexity index is 417. The molecule has 0 saturated heterocycles. The first-order chi connectivity index (χ1) is 8.58. The number of halogens is 1. The lowest BCUT2D eigenvalue weighted by Gasteiger charge is -2.09. The van der Waals surface area contributed by atoms with Crippen molar-refractivity contribution in [2.75, 3.05) is 13.7 Å². The first-order valence-corrected chi connectivity index (χ1v) is 6.59. The first-order valence-electron chi connectivity index (χ1n) is 5.67. The summed E-state index contributed by atoms with van der Waals surface area (Å²) >= 11 is 3.14.